The Kier molecular flexibility index (Phi) is 4.41. The molecule has 0 unspecified atom stereocenters. The van der Waals surface area contributed by atoms with E-state index in [9.17, 15) is 0 Å². The predicted octanol–water partition coefficient (Wildman–Crippen LogP) is 6.43. The molecular weight excluding hydrogens is 380 g/mol. The van der Waals surface area contributed by atoms with Crippen molar-refractivity contribution in [3.63, 3.8) is 0 Å². The largest absolute Gasteiger partial charge is 0.354 e. The van der Waals surface area contributed by atoms with Crippen molar-refractivity contribution in [2.45, 2.75) is 13.5 Å². The van der Waals surface area contributed by atoms with Gasteiger partial charge in [0.05, 0.1) is 11.4 Å². The number of rotatable bonds is 4. The summed E-state index contributed by atoms with van der Waals surface area (Å²) in [6.07, 6.45) is 3.62. The number of hydrogen-bond acceptors (Lipinski definition) is 2. The summed E-state index contributed by atoms with van der Waals surface area (Å²) in [5.41, 5.74) is 7.27. The third-order valence-corrected chi connectivity index (χ3v) is 5.45. The molecule has 0 aliphatic heterocycles. The first-order chi connectivity index (χ1) is 14.2. The molecule has 0 amide bonds. The Bertz CT molecular complexity index is 1300. The van der Waals surface area contributed by atoms with E-state index < -0.39 is 0 Å². The maximum atomic E-state index is 6.38. The molecular formula is C24H19ClN4. The third kappa shape index (κ3) is 3.22. The van der Waals surface area contributed by atoms with E-state index in [1.165, 1.54) is 0 Å². The summed E-state index contributed by atoms with van der Waals surface area (Å²) in [6.45, 7) is 2.90. The molecule has 1 N–H and O–H groups in total. The van der Waals surface area contributed by atoms with E-state index in [0.29, 0.717) is 0 Å². The number of nitrogens with zero attached hydrogens (tertiary/aromatic N) is 3. The van der Waals surface area contributed by atoms with Crippen molar-refractivity contribution in [3.8, 4) is 33.8 Å². The molecule has 0 bridgehead atoms. The number of H-pyrrole nitrogens is 1. The lowest BCUT2D eigenvalue weighted by molar-refractivity contribution is 0.669. The Morgan fingerprint density at radius 2 is 1.86 bits per heavy atom. The lowest BCUT2D eigenvalue weighted by Crippen LogP contribution is -1.99. The number of nitrogens with one attached hydrogen (secondary N) is 1. The van der Waals surface area contributed by atoms with Gasteiger partial charge < -0.3 is 4.98 Å². The third-order valence-electron chi connectivity index (χ3n) is 5.12. The van der Waals surface area contributed by atoms with E-state index in [0.717, 1.165) is 56.2 Å². The Balaban J connectivity index is 1.59. The Morgan fingerprint density at radius 3 is 2.66 bits per heavy atom. The quantitative estimate of drug-likeness (QED) is 0.379. The first kappa shape index (κ1) is 17.7. The highest BCUT2D eigenvalue weighted by Crippen LogP contribution is 2.33. The van der Waals surface area contributed by atoms with Gasteiger partial charge in [0.15, 0.2) is 0 Å². The summed E-state index contributed by atoms with van der Waals surface area (Å²) in [5.74, 6) is 0. The standard InChI is InChI=1S/C24H19ClN4/c1-2-29-24(14-22(28-29)17-6-5-11-26-15-17)16-9-10-21-18(12-16)13-23(27-21)19-7-3-4-8-20(19)25/h3-15,27H,2H2,1H3. The number of benzene rings is 2. The summed E-state index contributed by atoms with van der Waals surface area (Å²) in [5, 5.41) is 6.65. The lowest BCUT2D eigenvalue weighted by Gasteiger charge is -2.04. The van der Waals surface area contributed by atoms with E-state index in [4.69, 9.17) is 16.7 Å². The van der Waals surface area contributed by atoms with Gasteiger partial charge in [0.25, 0.3) is 0 Å². The van der Waals surface area contributed by atoms with Gasteiger partial charge in [0.2, 0.25) is 0 Å². The van der Waals surface area contributed by atoms with Crippen LogP contribution in [0.25, 0.3) is 44.7 Å². The number of aryl methyl sites for hydroxylation is 1. The van der Waals surface area contributed by atoms with Crippen molar-refractivity contribution >= 4 is 22.5 Å². The van der Waals surface area contributed by atoms with Crippen molar-refractivity contribution in [1.29, 1.82) is 0 Å². The normalized spacial score (nSPS) is 11.2. The van der Waals surface area contributed by atoms with Crippen LogP contribution in [0.15, 0.2) is 79.1 Å². The van der Waals surface area contributed by atoms with Crippen LogP contribution in [-0.4, -0.2) is 19.7 Å². The number of hydrogen-bond donors (Lipinski definition) is 1. The molecule has 0 spiro atoms. The zero-order chi connectivity index (χ0) is 19.8. The first-order valence-corrected chi connectivity index (χ1v) is 9.97. The summed E-state index contributed by atoms with van der Waals surface area (Å²) in [4.78, 5) is 7.69. The molecule has 5 heteroatoms. The fourth-order valence-electron chi connectivity index (χ4n) is 3.66. The molecule has 5 aromatic rings. The SMILES string of the molecule is CCn1nc(-c2cccnc2)cc1-c1ccc2[nH]c(-c3ccccc3Cl)cc2c1. The lowest BCUT2D eigenvalue weighted by atomic mass is 10.1. The maximum absolute atomic E-state index is 6.38. The van der Waals surface area contributed by atoms with Crippen LogP contribution >= 0.6 is 11.6 Å². The summed E-state index contributed by atoms with van der Waals surface area (Å²) in [6, 6.07) is 22.6. The molecule has 0 atom stereocenters. The molecule has 0 aliphatic carbocycles. The molecule has 29 heavy (non-hydrogen) atoms. The van der Waals surface area contributed by atoms with Crippen LogP contribution in [-0.2, 0) is 6.54 Å². The van der Waals surface area contributed by atoms with Crippen LogP contribution < -0.4 is 0 Å². The van der Waals surface area contributed by atoms with Gasteiger partial charge in [-0.15, -0.1) is 0 Å². The minimum atomic E-state index is 0.740. The molecule has 0 aliphatic rings. The predicted molar refractivity (Wildman–Crippen MR) is 119 cm³/mol. The van der Waals surface area contributed by atoms with Gasteiger partial charge in [0.1, 0.15) is 0 Å². The van der Waals surface area contributed by atoms with Gasteiger partial charge in [-0.3, -0.25) is 9.67 Å². The minimum Gasteiger partial charge on any atom is -0.354 e. The van der Waals surface area contributed by atoms with Gasteiger partial charge in [-0.1, -0.05) is 35.9 Å². The maximum Gasteiger partial charge on any atom is 0.0945 e. The molecule has 0 fully saturated rings. The second kappa shape index (κ2) is 7.22. The molecule has 2 aromatic carbocycles. The van der Waals surface area contributed by atoms with Crippen LogP contribution in [0.5, 0.6) is 0 Å². The average Bonchev–Trinajstić information content (AvgIpc) is 3.38. The van der Waals surface area contributed by atoms with Crippen molar-refractivity contribution in [2.24, 2.45) is 0 Å². The monoisotopic (exact) mass is 398 g/mol. The van der Waals surface area contributed by atoms with E-state index in [-0.39, 0.29) is 0 Å². The molecule has 0 saturated carbocycles. The number of aromatic nitrogens is 4. The molecule has 3 heterocycles. The molecule has 0 radical (unpaired) electrons. The van der Waals surface area contributed by atoms with Crippen LogP contribution in [0.4, 0.5) is 0 Å². The van der Waals surface area contributed by atoms with Crippen LogP contribution in [0, 0.1) is 0 Å². The Hall–Kier alpha value is -3.37. The van der Waals surface area contributed by atoms with E-state index in [1.807, 2.05) is 47.3 Å². The van der Waals surface area contributed by atoms with Gasteiger partial charge in [-0.2, -0.15) is 5.10 Å². The van der Waals surface area contributed by atoms with Gasteiger partial charge in [-0.05, 0) is 49.4 Å². The van der Waals surface area contributed by atoms with Crippen LogP contribution in [0.1, 0.15) is 6.92 Å². The van der Waals surface area contributed by atoms with Crippen LogP contribution in [0.2, 0.25) is 5.02 Å². The molecule has 3 aromatic heterocycles. The molecule has 142 valence electrons. The zero-order valence-corrected chi connectivity index (χ0v) is 16.7. The van der Waals surface area contributed by atoms with Crippen LogP contribution in [0.3, 0.4) is 0 Å². The smallest absolute Gasteiger partial charge is 0.0945 e. The highest BCUT2D eigenvalue weighted by atomic mass is 35.5. The van der Waals surface area contributed by atoms with E-state index >= 15 is 0 Å². The minimum absolute atomic E-state index is 0.740. The molecule has 4 nitrogen and oxygen atoms in total. The van der Waals surface area contributed by atoms with Crippen molar-refractivity contribution < 1.29 is 0 Å². The van der Waals surface area contributed by atoms with E-state index in [1.54, 1.807) is 6.20 Å². The highest BCUT2D eigenvalue weighted by molar-refractivity contribution is 6.33. The van der Waals surface area contributed by atoms with Gasteiger partial charge >= 0.3 is 0 Å². The summed E-state index contributed by atoms with van der Waals surface area (Å²) >= 11 is 6.38. The number of fused-ring (bicyclic) bond motifs is 1. The second-order valence-electron chi connectivity index (χ2n) is 6.94. The molecule has 0 saturated heterocycles. The number of pyridine rings is 1. The topological polar surface area (TPSA) is 46.5 Å². The summed E-state index contributed by atoms with van der Waals surface area (Å²) < 4.78 is 2.03. The number of halogens is 1. The summed E-state index contributed by atoms with van der Waals surface area (Å²) in [7, 11) is 0. The average molecular weight is 399 g/mol. The van der Waals surface area contributed by atoms with Crippen molar-refractivity contribution in [3.05, 3.63) is 84.1 Å². The molecule has 5 rings (SSSR count). The van der Waals surface area contributed by atoms with E-state index in [2.05, 4.69) is 47.2 Å². The van der Waals surface area contributed by atoms with Crippen molar-refractivity contribution in [2.75, 3.05) is 0 Å². The zero-order valence-electron chi connectivity index (χ0n) is 15.9. The fourth-order valence-corrected chi connectivity index (χ4v) is 3.90. The van der Waals surface area contributed by atoms with Gasteiger partial charge in [-0.25, -0.2) is 0 Å². The highest BCUT2D eigenvalue weighted by Gasteiger charge is 2.13. The van der Waals surface area contributed by atoms with Gasteiger partial charge in [0, 0.05) is 57.2 Å². The second-order valence-corrected chi connectivity index (χ2v) is 7.34. The Morgan fingerprint density at radius 1 is 0.966 bits per heavy atom. The number of aromatic amines is 1. The Labute approximate surface area is 173 Å². The fraction of sp³-hybridized carbons (Fsp3) is 0.0833. The van der Waals surface area contributed by atoms with Crippen molar-refractivity contribution in [1.82, 2.24) is 19.7 Å². The first-order valence-electron chi connectivity index (χ1n) is 9.59.